The van der Waals surface area contributed by atoms with Gasteiger partial charge < -0.3 is 4.57 Å². The molecule has 1 heterocycles. The van der Waals surface area contributed by atoms with Crippen LogP contribution in [0, 0.1) is 0 Å². The van der Waals surface area contributed by atoms with Crippen molar-refractivity contribution in [3.63, 3.8) is 0 Å². The van der Waals surface area contributed by atoms with E-state index in [1.54, 1.807) is 0 Å². The maximum absolute atomic E-state index is 2.46. The number of rotatable bonds is 1. The van der Waals surface area contributed by atoms with Crippen LogP contribution in [0.3, 0.4) is 0 Å². The third-order valence-corrected chi connectivity index (χ3v) is 4.45. The van der Waals surface area contributed by atoms with Crippen molar-refractivity contribution in [3.05, 3.63) is 72.8 Å². The zero-order chi connectivity index (χ0) is 16.0. The van der Waals surface area contributed by atoms with E-state index in [1.807, 2.05) is 0 Å². The van der Waals surface area contributed by atoms with Crippen LogP contribution in [0.25, 0.3) is 32.9 Å². The summed E-state index contributed by atoms with van der Waals surface area (Å²) < 4.78 is 2.46. The summed E-state index contributed by atoms with van der Waals surface area (Å²) in [5, 5.41) is 3.95. The highest BCUT2D eigenvalue weighted by atomic mass is 15.1. The van der Waals surface area contributed by atoms with Crippen molar-refractivity contribution in [2.24, 2.45) is 0 Å². The Bertz CT molecular complexity index is 985. The number of hydrogen-bond acceptors (Lipinski definition) is 0. The fourth-order valence-electron chi connectivity index (χ4n) is 3.51. The Labute approximate surface area is 137 Å². The van der Waals surface area contributed by atoms with Gasteiger partial charge in [0, 0.05) is 22.1 Å². The average Bonchev–Trinajstić information content (AvgIpc) is 2.96. The van der Waals surface area contributed by atoms with Crippen LogP contribution in [-0.2, 0) is 5.54 Å². The Kier molecular flexibility index (Phi) is 3.05. The topological polar surface area (TPSA) is 4.93 Å². The maximum Gasteiger partial charge on any atom is 0.0496 e. The molecule has 4 aromatic rings. The van der Waals surface area contributed by atoms with Crippen LogP contribution in [0.2, 0.25) is 0 Å². The largest absolute Gasteiger partial charge is 0.335 e. The zero-order valence-electron chi connectivity index (χ0n) is 13.9. The van der Waals surface area contributed by atoms with Gasteiger partial charge in [-0.25, -0.2) is 0 Å². The van der Waals surface area contributed by atoms with Crippen LogP contribution in [0.5, 0.6) is 0 Å². The Morgan fingerprint density at radius 1 is 0.696 bits per heavy atom. The molecule has 23 heavy (non-hydrogen) atoms. The smallest absolute Gasteiger partial charge is 0.0496 e. The lowest BCUT2D eigenvalue weighted by molar-refractivity contribution is 0.415. The Hall–Kier alpha value is -2.54. The highest BCUT2D eigenvalue weighted by Gasteiger charge is 2.21. The predicted molar refractivity (Wildman–Crippen MR) is 99.9 cm³/mol. The van der Waals surface area contributed by atoms with Gasteiger partial charge >= 0.3 is 0 Å². The second kappa shape index (κ2) is 4.99. The Balaban J connectivity index is 2.15. The van der Waals surface area contributed by atoms with Gasteiger partial charge in [0.25, 0.3) is 0 Å². The van der Waals surface area contributed by atoms with Gasteiger partial charge in [0.1, 0.15) is 0 Å². The van der Waals surface area contributed by atoms with E-state index in [1.165, 1.54) is 32.9 Å². The number of hydrogen-bond donors (Lipinski definition) is 0. The van der Waals surface area contributed by atoms with Gasteiger partial charge in [-0.1, -0.05) is 60.7 Å². The van der Waals surface area contributed by atoms with Crippen molar-refractivity contribution in [2.45, 2.75) is 26.3 Å². The van der Waals surface area contributed by atoms with E-state index in [9.17, 15) is 0 Å². The normalized spacial score (nSPS) is 12.1. The van der Waals surface area contributed by atoms with Gasteiger partial charge in [-0.05, 0) is 49.2 Å². The van der Waals surface area contributed by atoms with E-state index in [2.05, 4.69) is 98.1 Å². The SMILES string of the molecule is CC(C)(C)n1c(-c2ccccc2)cc2c3ccccc3ccc21. The first-order chi connectivity index (χ1) is 11.1. The summed E-state index contributed by atoms with van der Waals surface area (Å²) in [6, 6.07) is 26.1. The molecule has 0 atom stereocenters. The second-order valence-corrected chi connectivity index (χ2v) is 7.12. The molecule has 1 aromatic heterocycles. The number of aromatic nitrogens is 1. The van der Waals surface area contributed by atoms with Crippen molar-refractivity contribution in [3.8, 4) is 11.3 Å². The molecule has 0 radical (unpaired) electrons. The molecule has 0 unspecified atom stereocenters. The molecule has 1 nitrogen and oxygen atoms in total. The highest BCUT2D eigenvalue weighted by Crippen LogP contribution is 2.36. The van der Waals surface area contributed by atoms with Crippen molar-refractivity contribution in [1.82, 2.24) is 4.57 Å². The molecule has 0 N–H and O–H groups in total. The molecule has 0 saturated carbocycles. The summed E-state index contributed by atoms with van der Waals surface area (Å²) in [4.78, 5) is 0. The van der Waals surface area contributed by atoms with E-state index in [0.717, 1.165) is 0 Å². The molecule has 0 aliphatic rings. The third kappa shape index (κ3) is 2.24. The van der Waals surface area contributed by atoms with Gasteiger partial charge in [-0.3, -0.25) is 0 Å². The van der Waals surface area contributed by atoms with Crippen molar-refractivity contribution >= 4 is 21.7 Å². The molecule has 0 saturated heterocycles. The summed E-state index contributed by atoms with van der Waals surface area (Å²) in [7, 11) is 0. The monoisotopic (exact) mass is 299 g/mol. The van der Waals surface area contributed by atoms with Crippen LogP contribution in [-0.4, -0.2) is 4.57 Å². The molecule has 4 rings (SSSR count). The van der Waals surface area contributed by atoms with Crippen molar-refractivity contribution < 1.29 is 0 Å². The molecular formula is C22H21N. The van der Waals surface area contributed by atoms with Gasteiger partial charge in [-0.15, -0.1) is 0 Å². The quantitative estimate of drug-likeness (QED) is 0.393. The molecule has 0 aliphatic carbocycles. The molecule has 0 bridgehead atoms. The van der Waals surface area contributed by atoms with E-state index in [0.29, 0.717) is 0 Å². The van der Waals surface area contributed by atoms with Crippen molar-refractivity contribution in [2.75, 3.05) is 0 Å². The van der Waals surface area contributed by atoms with Gasteiger partial charge in [-0.2, -0.15) is 0 Å². The van der Waals surface area contributed by atoms with Crippen LogP contribution in [0.1, 0.15) is 20.8 Å². The lowest BCUT2D eigenvalue weighted by atomic mass is 10.1. The van der Waals surface area contributed by atoms with E-state index in [4.69, 9.17) is 0 Å². The van der Waals surface area contributed by atoms with Gasteiger partial charge in [0.2, 0.25) is 0 Å². The zero-order valence-corrected chi connectivity index (χ0v) is 13.9. The summed E-state index contributed by atoms with van der Waals surface area (Å²) in [6.45, 7) is 6.82. The van der Waals surface area contributed by atoms with E-state index in [-0.39, 0.29) is 5.54 Å². The molecule has 1 heteroatoms. The molecule has 114 valence electrons. The molecule has 3 aromatic carbocycles. The second-order valence-electron chi connectivity index (χ2n) is 7.12. The first-order valence-corrected chi connectivity index (χ1v) is 8.15. The Morgan fingerprint density at radius 3 is 2.13 bits per heavy atom. The standard InChI is InChI=1S/C22H21N/c1-22(2,3)23-20-14-13-16-9-7-8-12-18(16)19(20)15-21(23)17-10-5-4-6-11-17/h4-15H,1-3H3. The molecule has 0 spiro atoms. The summed E-state index contributed by atoms with van der Waals surface area (Å²) >= 11 is 0. The number of nitrogens with zero attached hydrogens (tertiary/aromatic N) is 1. The number of benzene rings is 3. The first-order valence-electron chi connectivity index (χ1n) is 8.15. The predicted octanol–water partition coefficient (Wildman–Crippen LogP) is 6.22. The van der Waals surface area contributed by atoms with Crippen LogP contribution in [0.4, 0.5) is 0 Å². The minimum Gasteiger partial charge on any atom is -0.335 e. The Morgan fingerprint density at radius 2 is 1.39 bits per heavy atom. The van der Waals surface area contributed by atoms with E-state index >= 15 is 0 Å². The maximum atomic E-state index is 2.46. The minimum absolute atomic E-state index is 0.0232. The lowest BCUT2D eigenvalue weighted by Crippen LogP contribution is -2.22. The van der Waals surface area contributed by atoms with Gasteiger partial charge in [0.05, 0.1) is 0 Å². The molecule has 0 aliphatic heterocycles. The lowest BCUT2D eigenvalue weighted by Gasteiger charge is -2.26. The highest BCUT2D eigenvalue weighted by molar-refractivity contribution is 6.08. The van der Waals surface area contributed by atoms with Crippen LogP contribution < -0.4 is 0 Å². The summed E-state index contributed by atoms with van der Waals surface area (Å²) in [5.41, 5.74) is 3.87. The third-order valence-electron chi connectivity index (χ3n) is 4.45. The summed E-state index contributed by atoms with van der Waals surface area (Å²) in [5.74, 6) is 0. The molecular weight excluding hydrogens is 278 g/mol. The van der Waals surface area contributed by atoms with Gasteiger partial charge in [0.15, 0.2) is 0 Å². The fourth-order valence-corrected chi connectivity index (χ4v) is 3.51. The average molecular weight is 299 g/mol. The van der Waals surface area contributed by atoms with E-state index < -0.39 is 0 Å². The minimum atomic E-state index is 0.0232. The van der Waals surface area contributed by atoms with Crippen molar-refractivity contribution in [1.29, 1.82) is 0 Å². The number of fused-ring (bicyclic) bond motifs is 3. The van der Waals surface area contributed by atoms with Crippen LogP contribution >= 0.6 is 0 Å². The molecule has 0 amide bonds. The van der Waals surface area contributed by atoms with Crippen LogP contribution in [0.15, 0.2) is 72.8 Å². The molecule has 0 fully saturated rings. The first kappa shape index (κ1) is 14.1. The fraction of sp³-hybridized carbons (Fsp3) is 0.182. The summed E-state index contributed by atoms with van der Waals surface area (Å²) in [6.07, 6.45) is 0.